The van der Waals surface area contributed by atoms with E-state index in [1.807, 2.05) is 29.6 Å². The Hall–Kier alpha value is -3.15. The second-order valence-electron chi connectivity index (χ2n) is 7.94. The molecular formula is C24H21ClN6O2S2. The van der Waals surface area contributed by atoms with Gasteiger partial charge in [0, 0.05) is 34.8 Å². The molecule has 3 N–H and O–H groups in total. The molecule has 0 unspecified atom stereocenters. The van der Waals surface area contributed by atoms with Crippen molar-refractivity contribution in [2.45, 2.75) is 29.5 Å². The van der Waals surface area contributed by atoms with Crippen molar-refractivity contribution in [3.63, 3.8) is 0 Å². The third-order valence-electron chi connectivity index (χ3n) is 5.85. The molecule has 1 aliphatic heterocycles. The van der Waals surface area contributed by atoms with Crippen molar-refractivity contribution < 1.29 is 9.90 Å². The van der Waals surface area contributed by atoms with E-state index in [0.29, 0.717) is 52.9 Å². The second kappa shape index (κ2) is 11.1. The predicted molar refractivity (Wildman–Crippen MR) is 136 cm³/mol. The number of piperidine rings is 1. The standard InChI is InChI=1S/C24H21ClN6O2S2/c25-16-3-1-15(2-4-16)23-29-17(12-34-23)13-35-24-19(10-27)21(18(9-26)22(28)30-24)14-5-7-31(8-6-14)20(33)11-32/h1-4,12,14,32H,5-8,11,13H2,(H2,28,30). The second-order valence-corrected chi connectivity index (χ2v) is 10.2. The average molecular weight is 525 g/mol. The van der Waals surface area contributed by atoms with Gasteiger partial charge in [0.15, 0.2) is 0 Å². The van der Waals surface area contributed by atoms with Crippen LogP contribution < -0.4 is 5.73 Å². The first-order valence-electron chi connectivity index (χ1n) is 10.8. The molecule has 1 aliphatic rings. The van der Waals surface area contributed by atoms with E-state index < -0.39 is 6.61 Å². The summed E-state index contributed by atoms with van der Waals surface area (Å²) < 4.78 is 0. The lowest BCUT2D eigenvalue weighted by Gasteiger charge is -2.32. The van der Waals surface area contributed by atoms with Gasteiger partial charge in [0.2, 0.25) is 5.91 Å². The van der Waals surface area contributed by atoms with Crippen molar-refractivity contribution in [1.82, 2.24) is 14.9 Å². The summed E-state index contributed by atoms with van der Waals surface area (Å²) in [6, 6.07) is 11.8. The minimum absolute atomic E-state index is 0.0954. The van der Waals surface area contributed by atoms with Crippen molar-refractivity contribution in [3.8, 4) is 22.7 Å². The van der Waals surface area contributed by atoms with Gasteiger partial charge >= 0.3 is 0 Å². The van der Waals surface area contributed by atoms with Crippen LogP contribution in [0, 0.1) is 22.7 Å². The third-order valence-corrected chi connectivity index (χ3v) is 8.05. The number of nitrogens with zero attached hydrogens (tertiary/aromatic N) is 5. The first kappa shape index (κ1) is 25.0. The molecule has 11 heteroatoms. The smallest absolute Gasteiger partial charge is 0.248 e. The minimum atomic E-state index is -0.531. The van der Waals surface area contributed by atoms with Gasteiger partial charge < -0.3 is 15.7 Å². The zero-order chi connectivity index (χ0) is 24.9. The number of pyridine rings is 1. The van der Waals surface area contributed by atoms with Crippen LogP contribution in [0.25, 0.3) is 10.6 Å². The van der Waals surface area contributed by atoms with Crippen LogP contribution in [0.4, 0.5) is 5.82 Å². The summed E-state index contributed by atoms with van der Waals surface area (Å²) in [7, 11) is 0. The van der Waals surface area contributed by atoms with Crippen LogP contribution in [0.1, 0.15) is 41.1 Å². The number of rotatable bonds is 6. The topological polar surface area (TPSA) is 140 Å². The fraction of sp³-hybridized carbons (Fsp3) is 0.292. The van der Waals surface area contributed by atoms with Crippen molar-refractivity contribution in [2.75, 3.05) is 25.4 Å². The maximum absolute atomic E-state index is 11.8. The SMILES string of the molecule is N#Cc1c(N)nc(SCc2csc(-c3ccc(Cl)cc3)n2)c(C#N)c1C1CCN(C(=O)CO)CC1. The molecule has 35 heavy (non-hydrogen) atoms. The molecule has 4 rings (SSSR count). The van der Waals surface area contributed by atoms with E-state index in [2.05, 4.69) is 22.1 Å². The van der Waals surface area contributed by atoms with Crippen molar-refractivity contribution in [3.05, 3.63) is 57.1 Å². The molecule has 0 bridgehead atoms. The molecule has 0 atom stereocenters. The number of amides is 1. The van der Waals surface area contributed by atoms with E-state index in [1.54, 1.807) is 4.90 Å². The summed E-state index contributed by atoms with van der Waals surface area (Å²) in [5.41, 5.74) is 9.13. The number of nitrogens with two attached hydrogens (primary N) is 1. The third kappa shape index (κ3) is 5.42. The Bertz CT molecular complexity index is 1320. The Labute approximate surface area is 216 Å². The van der Waals surface area contributed by atoms with E-state index in [9.17, 15) is 15.3 Å². The predicted octanol–water partition coefficient (Wildman–Crippen LogP) is 4.17. The number of likely N-dealkylation sites (tertiary alicyclic amines) is 1. The van der Waals surface area contributed by atoms with Gasteiger partial charge in [-0.25, -0.2) is 9.97 Å². The van der Waals surface area contributed by atoms with E-state index >= 15 is 0 Å². The number of thiazole rings is 1. The molecule has 1 saturated heterocycles. The number of aliphatic hydroxyl groups excluding tert-OH is 1. The van der Waals surface area contributed by atoms with Gasteiger partial charge in [0.25, 0.3) is 0 Å². The first-order chi connectivity index (χ1) is 16.9. The molecule has 1 fully saturated rings. The van der Waals surface area contributed by atoms with Gasteiger partial charge in [-0.2, -0.15) is 10.5 Å². The number of nitrogen functional groups attached to an aromatic ring is 1. The largest absolute Gasteiger partial charge is 0.387 e. The summed E-state index contributed by atoms with van der Waals surface area (Å²) in [4.78, 5) is 22.5. The lowest BCUT2D eigenvalue weighted by Crippen LogP contribution is -2.39. The van der Waals surface area contributed by atoms with Gasteiger partial charge in [-0.15, -0.1) is 11.3 Å². The van der Waals surface area contributed by atoms with Gasteiger partial charge in [-0.1, -0.05) is 35.5 Å². The highest BCUT2D eigenvalue weighted by molar-refractivity contribution is 7.98. The quantitative estimate of drug-likeness (QED) is 0.458. The fourth-order valence-electron chi connectivity index (χ4n) is 4.10. The van der Waals surface area contributed by atoms with E-state index in [1.165, 1.54) is 23.1 Å². The van der Waals surface area contributed by atoms with E-state index in [4.69, 9.17) is 22.4 Å². The number of hydrogen-bond acceptors (Lipinski definition) is 9. The Kier molecular flexibility index (Phi) is 7.89. The maximum Gasteiger partial charge on any atom is 0.248 e. The molecule has 1 amide bonds. The minimum Gasteiger partial charge on any atom is -0.387 e. The van der Waals surface area contributed by atoms with Crippen LogP contribution in [0.5, 0.6) is 0 Å². The number of aromatic nitrogens is 2. The molecule has 8 nitrogen and oxygen atoms in total. The normalized spacial score (nSPS) is 13.9. The molecule has 0 saturated carbocycles. The first-order valence-corrected chi connectivity index (χ1v) is 13.0. The van der Waals surface area contributed by atoms with Crippen LogP contribution in [0.15, 0.2) is 34.7 Å². The molecule has 0 spiro atoms. The van der Waals surface area contributed by atoms with Crippen LogP contribution in [0.3, 0.4) is 0 Å². The van der Waals surface area contributed by atoms with Crippen LogP contribution in [0.2, 0.25) is 5.02 Å². The van der Waals surface area contributed by atoms with Gasteiger partial charge in [0.1, 0.15) is 34.6 Å². The highest BCUT2D eigenvalue weighted by Gasteiger charge is 2.30. The van der Waals surface area contributed by atoms with Gasteiger partial charge in [-0.05, 0) is 36.5 Å². The average Bonchev–Trinajstić information content (AvgIpc) is 3.36. The Morgan fingerprint density at radius 2 is 1.89 bits per heavy atom. The molecule has 3 aromatic rings. The number of nitriles is 2. The Morgan fingerprint density at radius 1 is 1.20 bits per heavy atom. The monoisotopic (exact) mass is 524 g/mol. The van der Waals surface area contributed by atoms with Crippen LogP contribution in [-0.2, 0) is 10.5 Å². The Morgan fingerprint density at radius 3 is 2.51 bits per heavy atom. The number of hydrogen-bond donors (Lipinski definition) is 2. The van der Waals surface area contributed by atoms with Gasteiger partial charge in [-0.3, -0.25) is 4.79 Å². The number of benzene rings is 1. The Balaban J connectivity index is 1.57. The highest BCUT2D eigenvalue weighted by Crippen LogP contribution is 2.39. The fourth-order valence-corrected chi connectivity index (χ4v) is 6.05. The summed E-state index contributed by atoms with van der Waals surface area (Å²) in [6.45, 7) is 0.352. The molecule has 0 aliphatic carbocycles. The number of halogens is 1. The van der Waals surface area contributed by atoms with Crippen molar-refractivity contribution in [1.29, 1.82) is 10.5 Å². The zero-order valence-electron chi connectivity index (χ0n) is 18.6. The number of anilines is 1. The highest BCUT2D eigenvalue weighted by atomic mass is 35.5. The maximum atomic E-state index is 11.8. The number of aliphatic hydroxyl groups is 1. The molecule has 178 valence electrons. The van der Waals surface area contributed by atoms with Gasteiger partial charge in [0.05, 0.1) is 16.8 Å². The van der Waals surface area contributed by atoms with Crippen molar-refractivity contribution >= 4 is 46.4 Å². The van der Waals surface area contributed by atoms with Crippen LogP contribution in [-0.4, -0.2) is 45.6 Å². The number of carbonyl (C=O) groups excluding carboxylic acids is 1. The van der Waals surface area contributed by atoms with E-state index in [-0.39, 0.29) is 23.2 Å². The molecule has 1 aromatic carbocycles. The lowest BCUT2D eigenvalue weighted by molar-refractivity contribution is -0.135. The zero-order valence-corrected chi connectivity index (χ0v) is 21.0. The molecule has 2 aromatic heterocycles. The lowest BCUT2D eigenvalue weighted by atomic mass is 9.84. The summed E-state index contributed by atoms with van der Waals surface area (Å²) in [6.07, 6.45) is 1.14. The molecule has 3 heterocycles. The van der Waals surface area contributed by atoms with E-state index in [0.717, 1.165) is 16.3 Å². The summed E-state index contributed by atoms with van der Waals surface area (Å²) in [5.74, 6) is 0.150. The number of thioether (sulfide) groups is 1. The molecular weight excluding hydrogens is 504 g/mol. The van der Waals surface area contributed by atoms with Crippen molar-refractivity contribution in [2.24, 2.45) is 0 Å². The summed E-state index contributed by atoms with van der Waals surface area (Å²) in [5, 5.41) is 32.9. The molecule has 0 radical (unpaired) electrons. The van der Waals surface area contributed by atoms with Crippen LogP contribution >= 0.6 is 34.7 Å². The number of carbonyl (C=O) groups is 1. The summed E-state index contributed by atoms with van der Waals surface area (Å²) >= 11 is 8.85.